The van der Waals surface area contributed by atoms with E-state index >= 15 is 0 Å². The van der Waals surface area contributed by atoms with E-state index in [-0.39, 0.29) is 5.56 Å². The molecule has 0 aliphatic heterocycles. The van der Waals surface area contributed by atoms with E-state index in [4.69, 9.17) is 27.4 Å². The zero-order valence-electron chi connectivity index (χ0n) is 16.5. The Morgan fingerprint density at radius 1 is 1.20 bits per heavy atom. The lowest BCUT2D eigenvalue weighted by Gasteiger charge is -2.12. The summed E-state index contributed by atoms with van der Waals surface area (Å²) < 4.78 is 7.64. The highest BCUT2D eigenvalue weighted by atomic mass is 35.5. The van der Waals surface area contributed by atoms with Gasteiger partial charge in [0.25, 0.3) is 5.91 Å². The second kappa shape index (κ2) is 8.37. The van der Waals surface area contributed by atoms with Gasteiger partial charge in [-0.05, 0) is 56.3 Å². The predicted octanol–water partition coefficient (Wildman–Crippen LogP) is 3.67. The summed E-state index contributed by atoms with van der Waals surface area (Å²) in [5.74, 6) is 5.33. The number of aryl methyl sites for hydroxylation is 1. The number of nitrogens with two attached hydrogens (primary N) is 1. The van der Waals surface area contributed by atoms with Crippen molar-refractivity contribution in [2.45, 2.75) is 20.8 Å². The lowest BCUT2D eigenvalue weighted by Crippen LogP contribution is -2.41. The highest BCUT2D eigenvalue weighted by Gasteiger charge is 2.18. The number of nitrogens with zero attached hydrogens (tertiary/aromatic N) is 4. The highest BCUT2D eigenvalue weighted by molar-refractivity contribution is 6.31. The molecule has 3 rings (SSSR count). The summed E-state index contributed by atoms with van der Waals surface area (Å²) in [6, 6.07) is 13.3. The number of ether oxygens (including phenoxy) is 1. The van der Waals surface area contributed by atoms with Gasteiger partial charge in [-0.25, -0.2) is 15.5 Å². The first-order chi connectivity index (χ1) is 14.2. The number of amides is 2. The number of hydrogen-bond donors (Lipinski definition) is 1. The molecule has 3 aromatic rings. The highest BCUT2D eigenvalue weighted by Crippen LogP contribution is 2.31. The first-order valence-electron chi connectivity index (χ1n) is 8.86. The van der Waals surface area contributed by atoms with E-state index in [2.05, 4.69) is 5.10 Å². The molecular weight excluding hydrogens is 406 g/mol. The molecular formula is C21H18ClN5O3. The van der Waals surface area contributed by atoms with Gasteiger partial charge in [0, 0.05) is 12.5 Å². The monoisotopic (exact) mass is 423 g/mol. The lowest BCUT2D eigenvalue weighted by molar-refractivity contribution is -0.126. The Bertz CT molecular complexity index is 1180. The molecule has 0 fully saturated rings. The minimum atomic E-state index is -0.605. The summed E-state index contributed by atoms with van der Waals surface area (Å²) >= 11 is 6.13. The molecule has 0 aliphatic carbocycles. The van der Waals surface area contributed by atoms with Crippen molar-refractivity contribution in [1.82, 2.24) is 14.8 Å². The Morgan fingerprint density at radius 2 is 1.87 bits per heavy atom. The zero-order valence-corrected chi connectivity index (χ0v) is 17.3. The van der Waals surface area contributed by atoms with Crippen molar-refractivity contribution in [3.8, 4) is 23.3 Å². The van der Waals surface area contributed by atoms with Crippen molar-refractivity contribution in [3.05, 3.63) is 70.0 Å². The number of imide groups is 1. The molecule has 0 spiro atoms. The van der Waals surface area contributed by atoms with E-state index in [0.717, 1.165) is 5.69 Å². The quantitative estimate of drug-likeness (QED) is 0.389. The largest absolute Gasteiger partial charge is 0.453 e. The van der Waals surface area contributed by atoms with Gasteiger partial charge in [-0.1, -0.05) is 11.6 Å². The van der Waals surface area contributed by atoms with Crippen molar-refractivity contribution in [3.63, 3.8) is 0 Å². The fourth-order valence-corrected chi connectivity index (χ4v) is 3.04. The van der Waals surface area contributed by atoms with Crippen molar-refractivity contribution in [2.24, 2.45) is 5.84 Å². The molecule has 9 heteroatoms. The Hall–Kier alpha value is -3.67. The number of aromatic nitrogens is 2. The molecule has 1 aromatic heterocycles. The Morgan fingerprint density at radius 3 is 2.43 bits per heavy atom. The first-order valence-corrected chi connectivity index (χ1v) is 9.24. The van der Waals surface area contributed by atoms with Crippen molar-refractivity contribution in [2.75, 3.05) is 0 Å². The Labute approximate surface area is 178 Å². The molecule has 0 unspecified atom stereocenters. The molecule has 8 nitrogen and oxygen atoms in total. The van der Waals surface area contributed by atoms with Gasteiger partial charge < -0.3 is 4.74 Å². The summed E-state index contributed by atoms with van der Waals surface area (Å²) in [6.07, 6.45) is 0. The average molecular weight is 424 g/mol. The number of carbonyl (C=O) groups excluding carboxylic acids is 2. The molecule has 2 aromatic carbocycles. The van der Waals surface area contributed by atoms with Crippen LogP contribution in [0.4, 0.5) is 0 Å². The lowest BCUT2D eigenvalue weighted by atomic mass is 10.2. The van der Waals surface area contributed by atoms with E-state index < -0.39 is 11.8 Å². The number of hydrogen-bond acceptors (Lipinski definition) is 6. The second-order valence-electron chi connectivity index (χ2n) is 6.51. The van der Waals surface area contributed by atoms with Crippen LogP contribution in [0.3, 0.4) is 0 Å². The molecule has 1 heterocycles. The van der Waals surface area contributed by atoms with Gasteiger partial charge in [-0.3, -0.25) is 9.59 Å². The van der Waals surface area contributed by atoms with Crippen molar-refractivity contribution >= 4 is 23.4 Å². The second-order valence-corrected chi connectivity index (χ2v) is 6.92. The van der Waals surface area contributed by atoms with Gasteiger partial charge in [-0.2, -0.15) is 10.4 Å². The summed E-state index contributed by atoms with van der Waals surface area (Å²) in [5.41, 5.74) is 2.73. The van der Waals surface area contributed by atoms with E-state index in [1.54, 1.807) is 41.9 Å². The van der Waals surface area contributed by atoms with Crippen LogP contribution in [0.5, 0.6) is 11.5 Å². The van der Waals surface area contributed by atoms with Crippen LogP contribution in [0.1, 0.15) is 34.2 Å². The fourth-order valence-electron chi connectivity index (χ4n) is 2.82. The summed E-state index contributed by atoms with van der Waals surface area (Å²) in [4.78, 5) is 23.3. The number of halogens is 1. The van der Waals surface area contributed by atoms with Gasteiger partial charge in [0.15, 0.2) is 5.75 Å². The van der Waals surface area contributed by atoms with Gasteiger partial charge in [-0.15, -0.1) is 0 Å². The SMILES string of the molecule is CC(=O)N(N)C(=O)c1ccc(Oc2c(C)nn(-c3ccc(C#N)c(Cl)c3)c2C)cc1. The molecule has 0 saturated heterocycles. The van der Waals surface area contributed by atoms with Crippen molar-refractivity contribution < 1.29 is 14.3 Å². The van der Waals surface area contributed by atoms with E-state index in [0.29, 0.717) is 38.5 Å². The minimum absolute atomic E-state index is 0.261. The number of benzene rings is 2. The number of rotatable bonds is 4. The van der Waals surface area contributed by atoms with Crippen LogP contribution in [0.25, 0.3) is 5.69 Å². The molecule has 152 valence electrons. The van der Waals surface area contributed by atoms with Crippen molar-refractivity contribution in [1.29, 1.82) is 5.26 Å². The van der Waals surface area contributed by atoms with Gasteiger partial charge >= 0.3 is 0 Å². The van der Waals surface area contributed by atoms with Crippen LogP contribution in [0, 0.1) is 25.2 Å². The topological polar surface area (TPSA) is 114 Å². The molecule has 0 aliphatic rings. The van der Waals surface area contributed by atoms with E-state index in [9.17, 15) is 9.59 Å². The summed E-state index contributed by atoms with van der Waals surface area (Å²) in [5, 5.41) is 14.4. The third-order valence-corrected chi connectivity index (χ3v) is 4.73. The van der Waals surface area contributed by atoms with E-state index in [1.807, 2.05) is 13.0 Å². The molecule has 2 amide bonds. The number of nitriles is 1. The third-order valence-electron chi connectivity index (χ3n) is 4.42. The molecule has 0 saturated carbocycles. The molecule has 2 N–H and O–H groups in total. The zero-order chi connectivity index (χ0) is 22.0. The van der Waals surface area contributed by atoms with Crippen LogP contribution < -0.4 is 10.6 Å². The average Bonchev–Trinajstić information content (AvgIpc) is 3.01. The first kappa shape index (κ1) is 21.0. The number of hydrazine groups is 1. The standard InChI is InChI=1S/C21H18ClN5O3/c1-12-20(13(2)27(25-12)17-7-4-16(11-23)19(22)10-17)30-18-8-5-15(6-9-18)21(29)26(24)14(3)28/h4-10H,24H2,1-3H3. The van der Waals surface area contributed by atoms with E-state index in [1.165, 1.54) is 19.1 Å². The van der Waals surface area contributed by atoms with Crippen LogP contribution in [0.15, 0.2) is 42.5 Å². The van der Waals surface area contributed by atoms with Gasteiger partial charge in [0.2, 0.25) is 5.91 Å². The van der Waals surface area contributed by atoms with Crippen LogP contribution >= 0.6 is 11.6 Å². The Kier molecular flexibility index (Phi) is 5.87. The number of carbonyl (C=O) groups is 2. The van der Waals surface area contributed by atoms with Gasteiger partial charge in [0.1, 0.15) is 17.5 Å². The molecule has 0 atom stereocenters. The maximum Gasteiger partial charge on any atom is 0.274 e. The molecule has 30 heavy (non-hydrogen) atoms. The fraction of sp³-hybridized carbons (Fsp3) is 0.143. The third kappa shape index (κ3) is 4.03. The molecule has 0 bridgehead atoms. The van der Waals surface area contributed by atoms with Crippen LogP contribution in [0.2, 0.25) is 5.02 Å². The maximum atomic E-state index is 12.1. The minimum Gasteiger partial charge on any atom is -0.453 e. The predicted molar refractivity (Wildman–Crippen MR) is 110 cm³/mol. The Balaban J connectivity index is 1.86. The maximum absolute atomic E-state index is 12.1. The van der Waals surface area contributed by atoms with Crippen LogP contribution in [-0.4, -0.2) is 26.6 Å². The molecule has 0 radical (unpaired) electrons. The summed E-state index contributed by atoms with van der Waals surface area (Å²) in [7, 11) is 0. The summed E-state index contributed by atoms with van der Waals surface area (Å²) in [6.45, 7) is 4.86. The normalized spacial score (nSPS) is 10.4. The van der Waals surface area contributed by atoms with Gasteiger partial charge in [0.05, 0.1) is 22.0 Å². The smallest absolute Gasteiger partial charge is 0.274 e. The van der Waals surface area contributed by atoms with Crippen LogP contribution in [-0.2, 0) is 4.79 Å².